The molecule has 1 heterocycles. The first-order chi connectivity index (χ1) is 9.50. The van der Waals surface area contributed by atoms with Crippen LogP contribution in [-0.2, 0) is 11.0 Å². The molecule has 0 fully saturated rings. The fourth-order valence-electron chi connectivity index (χ4n) is 2.32. The van der Waals surface area contributed by atoms with E-state index in [4.69, 9.17) is 11.6 Å². The molecule has 3 nitrogen and oxygen atoms in total. The van der Waals surface area contributed by atoms with Gasteiger partial charge in [-0.1, -0.05) is 29.8 Å². The van der Waals surface area contributed by atoms with Gasteiger partial charge in [-0.15, -0.1) is 0 Å². The van der Waals surface area contributed by atoms with Gasteiger partial charge in [0.25, 0.3) is 0 Å². The molecule has 6 heteroatoms. The van der Waals surface area contributed by atoms with Crippen molar-refractivity contribution < 1.29 is 13.7 Å². The lowest BCUT2D eigenvalue weighted by molar-refractivity contribution is 0.217. The maximum Gasteiger partial charge on any atom is 0.153 e. The number of benzene rings is 2. The van der Waals surface area contributed by atoms with E-state index in [0.717, 1.165) is 6.07 Å². The molecule has 1 aliphatic heterocycles. The average molecular weight is 312 g/mol. The standard InChI is InChI=1S/C14H11ClFNO2S/c1-17-12-5-3-2-4-8(12)14(18)9-6-11(16)10(15)7-13(9)20(17)19/h2-7,14,18H,1H3. The second-order valence-corrected chi connectivity index (χ2v) is 6.41. The molecule has 1 N–H and O–H groups in total. The Labute approximate surface area is 123 Å². The highest BCUT2D eigenvalue weighted by Gasteiger charge is 2.29. The van der Waals surface area contributed by atoms with Crippen LogP contribution in [0.1, 0.15) is 17.2 Å². The number of nitrogens with zero attached hydrogens (tertiary/aromatic N) is 1. The highest BCUT2D eigenvalue weighted by molar-refractivity contribution is 7.86. The fraction of sp³-hybridized carbons (Fsp3) is 0.143. The van der Waals surface area contributed by atoms with Crippen molar-refractivity contribution in [2.45, 2.75) is 11.0 Å². The van der Waals surface area contributed by atoms with Gasteiger partial charge in [0.2, 0.25) is 0 Å². The summed E-state index contributed by atoms with van der Waals surface area (Å²) in [7, 11) is 0.105. The minimum Gasteiger partial charge on any atom is -0.384 e. The van der Waals surface area contributed by atoms with Gasteiger partial charge in [0.15, 0.2) is 11.0 Å². The van der Waals surface area contributed by atoms with Crippen LogP contribution in [-0.4, -0.2) is 16.4 Å². The fourth-order valence-corrected chi connectivity index (χ4v) is 3.78. The Morgan fingerprint density at radius 1 is 1.30 bits per heavy atom. The molecule has 1 aliphatic rings. The smallest absolute Gasteiger partial charge is 0.153 e. The molecule has 2 aromatic rings. The normalized spacial score (nSPS) is 21.1. The summed E-state index contributed by atoms with van der Waals surface area (Å²) in [5.41, 5.74) is 1.51. The van der Waals surface area contributed by atoms with E-state index in [1.807, 2.05) is 0 Å². The van der Waals surface area contributed by atoms with Crippen LogP contribution in [0.15, 0.2) is 41.3 Å². The zero-order valence-corrected chi connectivity index (χ0v) is 12.1. The number of fused-ring (bicyclic) bond motifs is 2. The number of rotatable bonds is 0. The predicted molar refractivity (Wildman–Crippen MR) is 76.7 cm³/mol. The summed E-state index contributed by atoms with van der Waals surface area (Å²) in [5.74, 6) is -0.636. The second kappa shape index (κ2) is 4.84. The van der Waals surface area contributed by atoms with E-state index in [1.54, 1.807) is 35.6 Å². The largest absolute Gasteiger partial charge is 0.384 e. The topological polar surface area (TPSA) is 40.5 Å². The van der Waals surface area contributed by atoms with E-state index >= 15 is 0 Å². The summed E-state index contributed by atoms with van der Waals surface area (Å²) >= 11 is 5.76. The third-order valence-electron chi connectivity index (χ3n) is 3.35. The third kappa shape index (κ3) is 1.93. The van der Waals surface area contributed by atoms with Crippen molar-refractivity contribution >= 4 is 28.3 Å². The average Bonchev–Trinajstić information content (AvgIpc) is 2.53. The van der Waals surface area contributed by atoms with Crippen LogP contribution in [0.2, 0.25) is 5.02 Å². The molecule has 0 spiro atoms. The molecule has 2 unspecified atom stereocenters. The Bertz CT molecular complexity index is 722. The molecular weight excluding hydrogens is 301 g/mol. The predicted octanol–water partition coefficient (Wildman–Crippen LogP) is 3.03. The summed E-state index contributed by atoms with van der Waals surface area (Å²) in [6, 6.07) is 9.53. The van der Waals surface area contributed by atoms with Crippen molar-refractivity contribution in [3.05, 3.63) is 58.4 Å². The number of hydrogen-bond acceptors (Lipinski definition) is 2. The van der Waals surface area contributed by atoms with Gasteiger partial charge in [0.1, 0.15) is 11.9 Å². The molecule has 2 atom stereocenters. The monoisotopic (exact) mass is 311 g/mol. The minimum absolute atomic E-state index is 0.108. The van der Waals surface area contributed by atoms with E-state index in [9.17, 15) is 13.7 Å². The van der Waals surface area contributed by atoms with Crippen molar-refractivity contribution in [1.29, 1.82) is 0 Å². The number of halogens is 2. The number of para-hydroxylation sites is 1. The lowest BCUT2D eigenvalue weighted by Gasteiger charge is -2.18. The van der Waals surface area contributed by atoms with E-state index < -0.39 is 22.9 Å². The molecule has 0 aromatic heterocycles. The number of aliphatic hydroxyl groups excluding tert-OH is 1. The molecule has 0 radical (unpaired) electrons. The van der Waals surface area contributed by atoms with Gasteiger partial charge < -0.3 is 5.11 Å². The van der Waals surface area contributed by atoms with Crippen molar-refractivity contribution in [3.63, 3.8) is 0 Å². The van der Waals surface area contributed by atoms with Gasteiger partial charge in [0.05, 0.1) is 15.6 Å². The van der Waals surface area contributed by atoms with Gasteiger partial charge >= 0.3 is 0 Å². The lowest BCUT2D eigenvalue weighted by Crippen LogP contribution is -2.20. The van der Waals surface area contributed by atoms with Crippen molar-refractivity contribution in [1.82, 2.24) is 0 Å². The molecule has 104 valence electrons. The molecule has 0 saturated heterocycles. The van der Waals surface area contributed by atoms with Crippen LogP contribution in [0.4, 0.5) is 10.1 Å². The molecule has 20 heavy (non-hydrogen) atoms. The molecule has 3 rings (SSSR count). The summed E-state index contributed by atoms with van der Waals surface area (Å²) in [6.07, 6.45) is -1.04. The van der Waals surface area contributed by atoms with Crippen molar-refractivity contribution in [2.24, 2.45) is 0 Å². The first-order valence-electron chi connectivity index (χ1n) is 5.92. The Hall–Kier alpha value is -1.43. The summed E-state index contributed by atoms with van der Waals surface area (Å²) in [6.45, 7) is 0. The Morgan fingerprint density at radius 3 is 2.75 bits per heavy atom. The van der Waals surface area contributed by atoms with Gasteiger partial charge in [-0.25, -0.2) is 8.60 Å². The van der Waals surface area contributed by atoms with E-state index in [-0.39, 0.29) is 10.6 Å². The molecule has 0 aliphatic carbocycles. The Balaban J connectivity index is 2.32. The molecule has 0 saturated carbocycles. The van der Waals surface area contributed by atoms with Crippen LogP contribution in [0.3, 0.4) is 0 Å². The van der Waals surface area contributed by atoms with Crippen molar-refractivity contribution in [2.75, 3.05) is 11.4 Å². The van der Waals surface area contributed by atoms with Gasteiger partial charge in [-0.2, -0.15) is 0 Å². The maximum atomic E-state index is 13.7. The quantitative estimate of drug-likeness (QED) is 0.812. The number of anilines is 1. The van der Waals surface area contributed by atoms with Crippen LogP contribution < -0.4 is 4.31 Å². The maximum absolute atomic E-state index is 13.7. The van der Waals surface area contributed by atoms with E-state index in [2.05, 4.69) is 0 Å². The number of hydrogen-bond donors (Lipinski definition) is 1. The van der Waals surface area contributed by atoms with E-state index in [0.29, 0.717) is 16.1 Å². The zero-order chi connectivity index (χ0) is 14.4. The second-order valence-electron chi connectivity index (χ2n) is 4.51. The minimum atomic E-state index is -1.56. The SMILES string of the molecule is CN1c2ccccc2C(O)c2cc(F)c(Cl)cc2S1=O. The van der Waals surface area contributed by atoms with Gasteiger partial charge in [0, 0.05) is 18.2 Å². The van der Waals surface area contributed by atoms with Gasteiger partial charge in [-0.05, 0) is 18.2 Å². The molecular formula is C14H11ClFNO2S. The van der Waals surface area contributed by atoms with Crippen molar-refractivity contribution in [3.8, 4) is 0 Å². The highest BCUT2D eigenvalue weighted by Crippen LogP contribution is 2.39. The molecule has 0 bridgehead atoms. The van der Waals surface area contributed by atoms with Crippen LogP contribution in [0.25, 0.3) is 0 Å². The van der Waals surface area contributed by atoms with Crippen LogP contribution in [0, 0.1) is 5.82 Å². The van der Waals surface area contributed by atoms with E-state index in [1.165, 1.54) is 6.07 Å². The number of aliphatic hydroxyl groups is 1. The lowest BCUT2D eigenvalue weighted by atomic mass is 10.00. The Morgan fingerprint density at radius 2 is 2.00 bits per heavy atom. The zero-order valence-electron chi connectivity index (χ0n) is 10.5. The first kappa shape index (κ1) is 13.5. The summed E-state index contributed by atoms with van der Waals surface area (Å²) < 4.78 is 27.8. The third-order valence-corrected chi connectivity index (χ3v) is 5.07. The molecule has 0 amide bonds. The summed E-state index contributed by atoms with van der Waals surface area (Å²) in [5, 5.41) is 10.4. The molecule has 2 aromatic carbocycles. The van der Waals surface area contributed by atoms with Gasteiger partial charge in [-0.3, -0.25) is 4.31 Å². The van der Waals surface area contributed by atoms with Crippen LogP contribution >= 0.6 is 11.6 Å². The van der Waals surface area contributed by atoms with Crippen LogP contribution in [0.5, 0.6) is 0 Å². The highest BCUT2D eigenvalue weighted by atomic mass is 35.5. The summed E-state index contributed by atoms with van der Waals surface area (Å²) in [4.78, 5) is 0.322. The first-order valence-corrected chi connectivity index (χ1v) is 7.40. The Kier molecular flexibility index (Phi) is 3.28.